The highest BCUT2D eigenvalue weighted by Crippen LogP contribution is 2.30. The van der Waals surface area contributed by atoms with Crippen molar-refractivity contribution in [2.24, 2.45) is 0 Å². The fourth-order valence-corrected chi connectivity index (χ4v) is 3.68. The molecule has 0 radical (unpaired) electrons. The molecule has 1 aliphatic rings. The van der Waals surface area contributed by atoms with Gasteiger partial charge >= 0.3 is 5.69 Å². The maximum Gasteiger partial charge on any atom is 0.326 e. The summed E-state index contributed by atoms with van der Waals surface area (Å²) in [5, 5.41) is 10.3. The first kappa shape index (κ1) is 16.7. The van der Waals surface area contributed by atoms with E-state index in [1.165, 1.54) is 0 Å². The van der Waals surface area contributed by atoms with Gasteiger partial charge in [-0.05, 0) is 30.7 Å². The first-order valence-corrected chi connectivity index (χ1v) is 9.07. The van der Waals surface area contributed by atoms with Crippen LogP contribution in [-0.2, 0) is 6.54 Å². The molecule has 0 bridgehead atoms. The van der Waals surface area contributed by atoms with Crippen LogP contribution < -0.4 is 10.6 Å². The van der Waals surface area contributed by atoms with Crippen molar-refractivity contribution >= 4 is 16.7 Å². The number of H-pyrrole nitrogens is 1. The molecule has 0 aliphatic carbocycles. The third-order valence-corrected chi connectivity index (χ3v) is 5.25. The van der Waals surface area contributed by atoms with Gasteiger partial charge in [-0.25, -0.2) is 4.79 Å². The summed E-state index contributed by atoms with van der Waals surface area (Å²) in [6.45, 7) is 7.04. The van der Waals surface area contributed by atoms with E-state index in [0.717, 1.165) is 55.0 Å². The van der Waals surface area contributed by atoms with Crippen molar-refractivity contribution < 1.29 is 5.11 Å². The lowest BCUT2D eigenvalue weighted by Gasteiger charge is -2.36. The first-order chi connectivity index (χ1) is 12.6. The average molecular weight is 352 g/mol. The van der Waals surface area contributed by atoms with Gasteiger partial charge in [-0.1, -0.05) is 24.3 Å². The van der Waals surface area contributed by atoms with Gasteiger partial charge in [0.05, 0.1) is 16.7 Å². The highest BCUT2D eigenvalue weighted by atomic mass is 16.3. The minimum Gasteiger partial charge on any atom is -0.505 e. The number of anilines is 1. The maximum absolute atomic E-state index is 12.2. The summed E-state index contributed by atoms with van der Waals surface area (Å²) in [5.41, 5.74) is 3.62. The van der Waals surface area contributed by atoms with Gasteiger partial charge in [0, 0.05) is 39.3 Å². The number of fused-ring (bicyclic) bond motifs is 1. The van der Waals surface area contributed by atoms with Crippen LogP contribution >= 0.6 is 0 Å². The smallest absolute Gasteiger partial charge is 0.326 e. The van der Waals surface area contributed by atoms with Gasteiger partial charge in [0.25, 0.3) is 0 Å². The first-order valence-electron chi connectivity index (χ1n) is 9.07. The minimum atomic E-state index is -0.0467. The molecule has 1 fully saturated rings. The zero-order chi connectivity index (χ0) is 18.1. The van der Waals surface area contributed by atoms with E-state index in [1.807, 2.05) is 54.0 Å². The molecule has 0 saturated carbocycles. The van der Waals surface area contributed by atoms with E-state index >= 15 is 0 Å². The summed E-state index contributed by atoms with van der Waals surface area (Å²) in [5.74, 6) is 0.381. The molecule has 6 heteroatoms. The number of aryl methyl sites for hydroxylation is 1. The van der Waals surface area contributed by atoms with Crippen molar-refractivity contribution in [1.82, 2.24) is 14.5 Å². The Bertz CT molecular complexity index is 967. The Morgan fingerprint density at radius 3 is 2.58 bits per heavy atom. The standard InChI is InChI=1S/C20H24N4O2/c1-15-5-4-8-18(19(15)25)23-12-9-22(10-13-23)11-14-24-17-7-3-2-6-16(17)21-20(24)26/h2-8,25H,9-14H2,1H3,(H,21,26). The second-order valence-electron chi connectivity index (χ2n) is 6.87. The Morgan fingerprint density at radius 1 is 1.00 bits per heavy atom. The summed E-state index contributed by atoms with van der Waals surface area (Å²) in [4.78, 5) is 19.7. The Balaban J connectivity index is 1.39. The third kappa shape index (κ3) is 3.08. The highest BCUT2D eigenvalue weighted by Gasteiger charge is 2.20. The Kier molecular flexibility index (Phi) is 4.42. The molecule has 2 N–H and O–H groups in total. The summed E-state index contributed by atoms with van der Waals surface area (Å²) in [6, 6.07) is 13.7. The number of aromatic amines is 1. The molecule has 4 rings (SSSR count). The van der Waals surface area contributed by atoms with Crippen LogP contribution in [0.3, 0.4) is 0 Å². The zero-order valence-electron chi connectivity index (χ0n) is 15.0. The second kappa shape index (κ2) is 6.88. The lowest BCUT2D eigenvalue weighted by molar-refractivity contribution is 0.247. The molecule has 0 spiro atoms. The molecular formula is C20H24N4O2. The number of rotatable bonds is 4. The van der Waals surface area contributed by atoms with Gasteiger partial charge in [-0.15, -0.1) is 0 Å². The van der Waals surface area contributed by atoms with Crippen LogP contribution in [0.5, 0.6) is 5.75 Å². The topological polar surface area (TPSA) is 64.5 Å². The van der Waals surface area contributed by atoms with Crippen LogP contribution in [0.2, 0.25) is 0 Å². The number of nitrogens with zero attached hydrogens (tertiary/aromatic N) is 3. The Labute approximate surface area is 152 Å². The van der Waals surface area contributed by atoms with E-state index in [1.54, 1.807) is 0 Å². The number of aromatic nitrogens is 2. The highest BCUT2D eigenvalue weighted by molar-refractivity contribution is 5.74. The molecule has 1 aromatic heterocycles. The summed E-state index contributed by atoms with van der Waals surface area (Å²) in [7, 11) is 0. The van der Waals surface area contributed by atoms with Crippen LogP contribution in [-0.4, -0.2) is 52.3 Å². The lowest BCUT2D eigenvalue weighted by Crippen LogP contribution is -2.47. The molecule has 0 atom stereocenters. The van der Waals surface area contributed by atoms with E-state index in [2.05, 4.69) is 14.8 Å². The summed E-state index contributed by atoms with van der Waals surface area (Å²) >= 11 is 0. The van der Waals surface area contributed by atoms with Gasteiger partial charge in [0.2, 0.25) is 0 Å². The van der Waals surface area contributed by atoms with Gasteiger partial charge in [-0.2, -0.15) is 0 Å². The second-order valence-corrected chi connectivity index (χ2v) is 6.87. The van der Waals surface area contributed by atoms with Gasteiger partial charge < -0.3 is 15.0 Å². The normalized spacial score (nSPS) is 15.7. The number of piperazine rings is 1. The van der Waals surface area contributed by atoms with Crippen LogP contribution in [0.15, 0.2) is 47.3 Å². The van der Waals surface area contributed by atoms with Gasteiger partial charge in [-0.3, -0.25) is 9.47 Å². The average Bonchev–Trinajstić information content (AvgIpc) is 2.98. The Morgan fingerprint density at radius 2 is 1.77 bits per heavy atom. The molecule has 2 heterocycles. The van der Waals surface area contributed by atoms with Crippen molar-refractivity contribution in [2.45, 2.75) is 13.5 Å². The molecule has 3 aromatic rings. The van der Waals surface area contributed by atoms with Gasteiger partial charge in [0.1, 0.15) is 5.75 Å². The number of aromatic hydroxyl groups is 1. The molecule has 26 heavy (non-hydrogen) atoms. The molecule has 0 unspecified atom stereocenters. The Hall–Kier alpha value is -2.73. The fraction of sp³-hybridized carbons (Fsp3) is 0.350. The zero-order valence-corrected chi connectivity index (χ0v) is 15.0. The van der Waals surface area contributed by atoms with Crippen molar-refractivity contribution in [1.29, 1.82) is 0 Å². The lowest BCUT2D eigenvalue weighted by atomic mass is 10.1. The summed E-state index contributed by atoms with van der Waals surface area (Å²) in [6.07, 6.45) is 0. The van der Waals surface area contributed by atoms with Crippen LogP contribution in [0.4, 0.5) is 5.69 Å². The number of benzene rings is 2. The largest absolute Gasteiger partial charge is 0.505 e. The number of imidazole rings is 1. The quantitative estimate of drug-likeness (QED) is 0.755. The van der Waals surface area contributed by atoms with E-state index < -0.39 is 0 Å². The van der Waals surface area contributed by atoms with E-state index in [-0.39, 0.29) is 5.69 Å². The fourth-order valence-electron chi connectivity index (χ4n) is 3.68. The number of phenols is 1. The number of hydrogen-bond acceptors (Lipinski definition) is 4. The monoisotopic (exact) mass is 352 g/mol. The van der Waals surface area contributed by atoms with Crippen molar-refractivity contribution in [3.63, 3.8) is 0 Å². The predicted molar refractivity (Wildman–Crippen MR) is 104 cm³/mol. The van der Waals surface area contributed by atoms with Crippen molar-refractivity contribution in [2.75, 3.05) is 37.6 Å². The van der Waals surface area contributed by atoms with Crippen LogP contribution in [0, 0.1) is 6.92 Å². The number of hydrogen-bond donors (Lipinski definition) is 2. The molecule has 6 nitrogen and oxygen atoms in total. The SMILES string of the molecule is Cc1cccc(N2CCN(CCn3c(=O)[nH]c4ccccc43)CC2)c1O. The number of phenolic OH excluding ortho intramolecular Hbond substituents is 1. The molecule has 0 amide bonds. The number of para-hydroxylation sites is 3. The molecule has 1 saturated heterocycles. The van der Waals surface area contributed by atoms with Crippen molar-refractivity contribution in [3.8, 4) is 5.75 Å². The minimum absolute atomic E-state index is 0.0467. The number of nitrogens with one attached hydrogen (secondary N) is 1. The van der Waals surface area contributed by atoms with Crippen molar-refractivity contribution in [3.05, 3.63) is 58.5 Å². The molecular weight excluding hydrogens is 328 g/mol. The molecule has 1 aliphatic heterocycles. The van der Waals surface area contributed by atoms with Gasteiger partial charge in [0.15, 0.2) is 0 Å². The van der Waals surface area contributed by atoms with Crippen LogP contribution in [0.1, 0.15) is 5.56 Å². The molecule has 136 valence electrons. The summed E-state index contributed by atoms with van der Waals surface area (Å²) < 4.78 is 1.81. The third-order valence-electron chi connectivity index (χ3n) is 5.25. The maximum atomic E-state index is 12.2. The van der Waals surface area contributed by atoms with E-state index in [0.29, 0.717) is 12.3 Å². The predicted octanol–water partition coefficient (Wildman–Crippen LogP) is 2.17. The molecule has 2 aromatic carbocycles. The van der Waals surface area contributed by atoms with E-state index in [4.69, 9.17) is 0 Å². The van der Waals surface area contributed by atoms with E-state index in [9.17, 15) is 9.90 Å². The van der Waals surface area contributed by atoms with Crippen LogP contribution in [0.25, 0.3) is 11.0 Å².